The highest BCUT2D eigenvalue weighted by molar-refractivity contribution is 7.46. The number of cyclic esters (lactones) is 1. The second-order valence-electron chi connectivity index (χ2n) is 8.00. The second-order valence-corrected chi connectivity index (χ2v) is 9.19. The van der Waals surface area contributed by atoms with Crippen molar-refractivity contribution < 1.29 is 43.0 Å². The Morgan fingerprint density at radius 2 is 1.56 bits per heavy atom. The van der Waals surface area contributed by atoms with Crippen LogP contribution in [0.4, 0.5) is 0 Å². The molecule has 36 heavy (non-hydrogen) atoms. The lowest BCUT2D eigenvalue weighted by atomic mass is 10.1. The first kappa shape index (κ1) is 24.0. The number of esters is 1. The van der Waals surface area contributed by atoms with Crippen LogP contribution in [0.1, 0.15) is 11.1 Å². The van der Waals surface area contributed by atoms with E-state index in [1.165, 1.54) is 0 Å². The van der Waals surface area contributed by atoms with Crippen LogP contribution in [0.3, 0.4) is 0 Å². The van der Waals surface area contributed by atoms with Gasteiger partial charge in [0, 0.05) is 10.8 Å². The van der Waals surface area contributed by atoms with E-state index in [1.54, 1.807) is 30.6 Å². The first-order valence-electron chi connectivity index (χ1n) is 10.7. The Kier molecular flexibility index (Phi) is 6.48. The number of phosphoric acid groups is 1. The van der Waals surface area contributed by atoms with Crippen molar-refractivity contribution in [2.75, 3.05) is 6.61 Å². The van der Waals surface area contributed by atoms with Crippen LogP contribution in [0.5, 0.6) is 0 Å². The Bertz CT molecular complexity index is 1490. The van der Waals surface area contributed by atoms with Gasteiger partial charge < -0.3 is 29.1 Å². The van der Waals surface area contributed by atoms with Gasteiger partial charge in [-0.15, -0.1) is 0 Å². The molecule has 13 nitrogen and oxygen atoms in total. The predicted molar refractivity (Wildman–Crippen MR) is 123 cm³/mol. The van der Waals surface area contributed by atoms with Gasteiger partial charge in [0.1, 0.15) is 19.3 Å². The van der Waals surface area contributed by atoms with E-state index in [-0.39, 0.29) is 24.7 Å². The summed E-state index contributed by atoms with van der Waals surface area (Å²) in [4.78, 5) is 31.2. The van der Waals surface area contributed by atoms with Gasteiger partial charge in [-0.05, 0) is 35.4 Å². The Morgan fingerprint density at radius 3 is 2.11 bits per heavy atom. The van der Waals surface area contributed by atoms with Crippen LogP contribution in [0.15, 0.2) is 60.3 Å². The Labute approximate surface area is 202 Å². The molecule has 0 saturated carbocycles. The molecule has 0 saturated heterocycles. The third kappa shape index (κ3) is 5.10. The van der Waals surface area contributed by atoms with E-state index in [0.29, 0.717) is 0 Å². The van der Waals surface area contributed by atoms with Crippen molar-refractivity contribution in [3.8, 4) is 0 Å². The molecule has 0 spiro atoms. The van der Waals surface area contributed by atoms with E-state index in [0.717, 1.165) is 32.9 Å². The lowest BCUT2D eigenvalue weighted by Gasteiger charge is -2.23. The van der Waals surface area contributed by atoms with Gasteiger partial charge in [-0.1, -0.05) is 12.1 Å². The molecule has 1 aliphatic rings. The summed E-state index contributed by atoms with van der Waals surface area (Å²) in [6, 6.07) is 10.8. The maximum Gasteiger partial charge on any atom is 0.470 e. The van der Waals surface area contributed by atoms with Crippen LogP contribution >= 0.6 is 7.82 Å². The van der Waals surface area contributed by atoms with Crippen molar-refractivity contribution in [3.63, 3.8) is 0 Å². The summed E-state index contributed by atoms with van der Waals surface area (Å²) in [5.74, 6) is -1.36. The van der Waals surface area contributed by atoms with E-state index >= 15 is 0 Å². The van der Waals surface area contributed by atoms with E-state index in [1.807, 2.05) is 18.2 Å². The molecule has 0 fully saturated rings. The minimum atomic E-state index is -5.02. The Hall–Kier alpha value is -3.74. The topological polar surface area (TPSA) is 189 Å². The summed E-state index contributed by atoms with van der Waals surface area (Å²) >= 11 is 0. The standard InChI is InChI=1S/C22H21N4O9P/c27-9-18(35-36(29,30)31)19-20(32-10-12-1-3-16-14(5-12)7-23-25-16)21(22(28)34-19)33-11-13-2-4-17-15(6-13)8-24-26-17/h1-8,18-19,27H,9-11H2,(H,23,25)(H,24,26)(H2,29,30,31). The van der Waals surface area contributed by atoms with Crippen LogP contribution in [-0.4, -0.2) is 60.1 Å². The summed E-state index contributed by atoms with van der Waals surface area (Å²) in [5, 5.41) is 25.0. The molecule has 2 unspecified atom stereocenters. The van der Waals surface area contributed by atoms with Gasteiger partial charge in [-0.2, -0.15) is 10.2 Å². The number of aliphatic hydroxyl groups excluding tert-OH is 1. The number of ether oxygens (including phenoxy) is 3. The lowest BCUT2D eigenvalue weighted by Crippen LogP contribution is -2.34. The molecule has 0 aliphatic carbocycles. The zero-order valence-electron chi connectivity index (χ0n) is 18.5. The van der Waals surface area contributed by atoms with Crippen molar-refractivity contribution in [2.45, 2.75) is 25.4 Å². The first-order chi connectivity index (χ1) is 17.3. The fourth-order valence-corrected chi connectivity index (χ4v) is 4.35. The molecular weight excluding hydrogens is 495 g/mol. The summed E-state index contributed by atoms with van der Waals surface area (Å²) in [7, 11) is -5.02. The molecule has 188 valence electrons. The van der Waals surface area contributed by atoms with E-state index in [2.05, 4.69) is 24.9 Å². The number of hydrogen-bond acceptors (Lipinski definition) is 9. The fourth-order valence-electron chi connectivity index (χ4n) is 3.82. The van der Waals surface area contributed by atoms with Crippen molar-refractivity contribution in [1.29, 1.82) is 0 Å². The summed E-state index contributed by atoms with van der Waals surface area (Å²) in [5.41, 5.74) is 3.10. The normalized spacial score (nSPS) is 17.1. The number of rotatable bonds is 10. The lowest BCUT2D eigenvalue weighted by molar-refractivity contribution is -0.148. The zero-order chi connectivity index (χ0) is 25.3. The van der Waals surface area contributed by atoms with E-state index in [4.69, 9.17) is 14.2 Å². The number of nitrogens with one attached hydrogen (secondary N) is 2. The summed E-state index contributed by atoms with van der Waals surface area (Å²) in [6.07, 6.45) is 0.252. The molecule has 2 aromatic carbocycles. The molecule has 4 aromatic rings. The van der Waals surface area contributed by atoms with Crippen molar-refractivity contribution in [3.05, 3.63) is 71.4 Å². The first-order valence-corrected chi connectivity index (χ1v) is 12.2. The van der Waals surface area contributed by atoms with Gasteiger partial charge in [-0.25, -0.2) is 9.36 Å². The molecule has 2 aromatic heterocycles. The van der Waals surface area contributed by atoms with Gasteiger partial charge >= 0.3 is 13.8 Å². The average molecular weight is 516 g/mol. The van der Waals surface area contributed by atoms with E-state index < -0.39 is 32.6 Å². The monoisotopic (exact) mass is 516 g/mol. The van der Waals surface area contributed by atoms with Crippen LogP contribution < -0.4 is 0 Å². The van der Waals surface area contributed by atoms with Gasteiger partial charge in [0.05, 0.1) is 30.0 Å². The molecule has 5 N–H and O–H groups in total. The summed E-state index contributed by atoms with van der Waals surface area (Å²) in [6.45, 7) is -0.928. The van der Waals surface area contributed by atoms with E-state index in [9.17, 15) is 24.3 Å². The van der Waals surface area contributed by atoms with Crippen LogP contribution in [0.2, 0.25) is 0 Å². The minimum Gasteiger partial charge on any atom is -0.485 e. The summed E-state index contributed by atoms with van der Waals surface area (Å²) < 4.78 is 32.9. The SMILES string of the molecule is O=C1OC(C(CO)OP(=O)(O)O)C(OCc2ccc3[nH]ncc3c2)=C1OCc1ccc2[nH]ncc2c1. The highest BCUT2D eigenvalue weighted by atomic mass is 31.2. The number of carbonyl (C=O) groups is 1. The molecule has 0 amide bonds. The number of aromatic amines is 2. The van der Waals surface area contributed by atoms with Crippen molar-refractivity contribution in [2.24, 2.45) is 0 Å². The number of aliphatic hydroxyl groups is 1. The predicted octanol–water partition coefficient (Wildman–Crippen LogP) is 1.78. The molecular formula is C22H21N4O9P. The molecule has 1 aliphatic heterocycles. The number of aromatic nitrogens is 4. The maximum atomic E-state index is 12.7. The number of benzene rings is 2. The zero-order valence-corrected chi connectivity index (χ0v) is 19.4. The number of nitrogens with zero attached hydrogens (tertiary/aromatic N) is 2. The minimum absolute atomic E-state index is 0.0325. The van der Waals surface area contributed by atoms with Crippen LogP contribution in [0.25, 0.3) is 21.8 Å². The van der Waals surface area contributed by atoms with Gasteiger partial charge in [0.2, 0.25) is 5.76 Å². The number of H-pyrrole nitrogens is 2. The molecule has 0 radical (unpaired) electrons. The average Bonchev–Trinajstić information content (AvgIpc) is 3.57. The number of fused-ring (bicyclic) bond motifs is 2. The largest absolute Gasteiger partial charge is 0.485 e. The third-order valence-corrected chi connectivity index (χ3v) is 6.02. The van der Waals surface area contributed by atoms with Crippen molar-refractivity contribution in [1.82, 2.24) is 20.4 Å². The number of carbonyl (C=O) groups excluding carboxylic acids is 1. The molecule has 2 atom stereocenters. The van der Waals surface area contributed by atoms with Crippen molar-refractivity contribution >= 4 is 35.6 Å². The number of hydrogen-bond donors (Lipinski definition) is 5. The fraction of sp³-hybridized carbons (Fsp3) is 0.227. The molecule has 3 heterocycles. The Morgan fingerprint density at radius 1 is 0.972 bits per heavy atom. The smallest absolute Gasteiger partial charge is 0.470 e. The highest BCUT2D eigenvalue weighted by Gasteiger charge is 2.45. The second kappa shape index (κ2) is 9.72. The molecule has 0 bridgehead atoms. The Balaban J connectivity index is 1.42. The molecule has 14 heteroatoms. The van der Waals surface area contributed by atoms with Gasteiger partial charge in [0.15, 0.2) is 11.9 Å². The van der Waals surface area contributed by atoms with Gasteiger partial charge in [-0.3, -0.25) is 14.7 Å². The highest BCUT2D eigenvalue weighted by Crippen LogP contribution is 2.41. The third-order valence-electron chi connectivity index (χ3n) is 5.48. The maximum absolute atomic E-state index is 12.7. The number of phosphoric ester groups is 1. The van der Waals surface area contributed by atoms with Crippen LogP contribution in [0, 0.1) is 0 Å². The van der Waals surface area contributed by atoms with Gasteiger partial charge in [0.25, 0.3) is 0 Å². The molecule has 5 rings (SSSR count). The van der Waals surface area contributed by atoms with Crippen LogP contribution in [-0.2, 0) is 41.3 Å². The quantitative estimate of drug-likeness (QED) is 0.153.